The largest absolute Gasteiger partial charge is 0.326 e. The minimum Gasteiger partial charge on any atom is -0.326 e. The molecule has 1 aromatic rings. The molecule has 144 valence electrons. The van der Waals surface area contributed by atoms with Crippen LogP contribution in [0, 0.1) is 0 Å². The van der Waals surface area contributed by atoms with Gasteiger partial charge in [-0.3, -0.25) is 14.5 Å². The van der Waals surface area contributed by atoms with Gasteiger partial charge in [0.2, 0.25) is 5.91 Å². The highest BCUT2D eigenvalue weighted by atomic mass is 35.5. The number of carbonyl (C=O) groups excluding carboxylic acids is 3. The standard InChI is InChI=1S/C20H24ClN3O3/c21-14-6-8-17-13(12-14)10-11-23(17)18(25)9-7-16-19(26)24(20(27)22-16)15-4-2-1-3-5-15/h6,8,12,15-16H,1-5,7,9-11H2,(H,22,27)/t16-/m0/s1. The first kappa shape index (κ1) is 18.3. The van der Waals surface area contributed by atoms with E-state index in [1.165, 1.54) is 11.3 Å². The maximum absolute atomic E-state index is 12.7. The summed E-state index contributed by atoms with van der Waals surface area (Å²) in [7, 11) is 0. The molecule has 0 radical (unpaired) electrons. The summed E-state index contributed by atoms with van der Waals surface area (Å²) in [4.78, 5) is 40.8. The van der Waals surface area contributed by atoms with E-state index in [9.17, 15) is 14.4 Å². The Morgan fingerprint density at radius 1 is 1.19 bits per heavy atom. The van der Waals surface area contributed by atoms with Gasteiger partial charge in [-0.25, -0.2) is 4.79 Å². The molecule has 0 aromatic heterocycles. The molecule has 6 nitrogen and oxygen atoms in total. The van der Waals surface area contributed by atoms with Crippen LogP contribution in [0.4, 0.5) is 10.5 Å². The summed E-state index contributed by atoms with van der Waals surface area (Å²) in [5.41, 5.74) is 1.97. The predicted octanol–water partition coefficient (Wildman–Crippen LogP) is 3.26. The fourth-order valence-electron chi connectivity index (χ4n) is 4.46. The van der Waals surface area contributed by atoms with Crippen LogP contribution in [0.2, 0.25) is 5.02 Å². The molecule has 4 amide bonds. The average Bonchev–Trinajstić information content (AvgIpc) is 3.20. The van der Waals surface area contributed by atoms with E-state index in [1.807, 2.05) is 12.1 Å². The predicted molar refractivity (Wildman–Crippen MR) is 103 cm³/mol. The molecule has 1 saturated carbocycles. The van der Waals surface area contributed by atoms with Gasteiger partial charge in [0, 0.05) is 29.7 Å². The number of hydrogen-bond donors (Lipinski definition) is 1. The summed E-state index contributed by atoms with van der Waals surface area (Å²) in [6, 6.07) is 4.68. The summed E-state index contributed by atoms with van der Waals surface area (Å²) < 4.78 is 0. The second-order valence-electron chi connectivity index (χ2n) is 7.61. The Bertz CT molecular complexity index is 776. The van der Waals surface area contributed by atoms with Gasteiger partial charge in [0.05, 0.1) is 0 Å². The zero-order valence-corrected chi connectivity index (χ0v) is 16.0. The van der Waals surface area contributed by atoms with Crippen molar-refractivity contribution in [1.29, 1.82) is 0 Å². The second-order valence-corrected chi connectivity index (χ2v) is 8.05. The lowest BCUT2D eigenvalue weighted by molar-refractivity contribution is -0.129. The van der Waals surface area contributed by atoms with Crippen molar-refractivity contribution in [2.24, 2.45) is 0 Å². The third kappa shape index (κ3) is 3.55. The molecule has 0 unspecified atom stereocenters. The van der Waals surface area contributed by atoms with Gasteiger partial charge in [-0.2, -0.15) is 0 Å². The highest BCUT2D eigenvalue weighted by Crippen LogP contribution is 2.31. The highest BCUT2D eigenvalue weighted by molar-refractivity contribution is 6.30. The van der Waals surface area contributed by atoms with Gasteiger partial charge in [-0.1, -0.05) is 30.9 Å². The minimum atomic E-state index is -0.587. The third-order valence-corrected chi connectivity index (χ3v) is 6.11. The van der Waals surface area contributed by atoms with Crippen molar-refractivity contribution in [2.45, 2.75) is 63.5 Å². The quantitative estimate of drug-likeness (QED) is 0.803. The number of anilines is 1. The van der Waals surface area contributed by atoms with Gasteiger partial charge in [-0.05, 0) is 49.4 Å². The molecule has 4 rings (SSSR count). The number of nitrogens with one attached hydrogen (secondary N) is 1. The van der Waals surface area contributed by atoms with Crippen LogP contribution < -0.4 is 10.2 Å². The van der Waals surface area contributed by atoms with E-state index in [0.717, 1.165) is 43.4 Å². The number of amides is 4. The lowest BCUT2D eigenvalue weighted by Gasteiger charge is -2.28. The van der Waals surface area contributed by atoms with Crippen LogP contribution in [-0.2, 0) is 16.0 Å². The van der Waals surface area contributed by atoms with Crippen molar-refractivity contribution in [2.75, 3.05) is 11.4 Å². The molecule has 1 aliphatic carbocycles. The van der Waals surface area contributed by atoms with Gasteiger partial charge in [0.25, 0.3) is 5.91 Å². The van der Waals surface area contributed by atoms with Crippen LogP contribution in [0.5, 0.6) is 0 Å². The van der Waals surface area contributed by atoms with Crippen LogP contribution in [0.15, 0.2) is 18.2 Å². The molecule has 1 atom stereocenters. The Balaban J connectivity index is 1.36. The fraction of sp³-hybridized carbons (Fsp3) is 0.550. The fourth-order valence-corrected chi connectivity index (χ4v) is 4.66. The lowest BCUT2D eigenvalue weighted by Crippen LogP contribution is -2.42. The van der Waals surface area contributed by atoms with E-state index < -0.39 is 6.04 Å². The van der Waals surface area contributed by atoms with Gasteiger partial charge in [0.15, 0.2) is 0 Å². The van der Waals surface area contributed by atoms with Crippen LogP contribution >= 0.6 is 11.6 Å². The first-order chi connectivity index (χ1) is 13.0. The smallest absolute Gasteiger partial charge is 0.325 e. The summed E-state index contributed by atoms with van der Waals surface area (Å²) >= 11 is 6.02. The first-order valence-electron chi connectivity index (χ1n) is 9.77. The van der Waals surface area contributed by atoms with E-state index in [-0.39, 0.29) is 30.3 Å². The van der Waals surface area contributed by atoms with Crippen molar-refractivity contribution >= 4 is 35.1 Å². The molecule has 7 heteroatoms. The number of benzene rings is 1. The van der Waals surface area contributed by atoms with Gasteiger partial charge in [-0.15, -0.1) is 0 Å². The molecule has 2 heterocycles. The van der Waals surface area contributed by atoms with Crippen molar-refractivity contribution in [3.8, 4) is 0 Å². The molecule has 1 aromatic carbocycles. The molecule has 27 heavy (non-hydrogen) atoms. The van der Waals surface area contributed by atoms with Crippen LogP contribution in [-0.4, -0.2) is 41.4 Å². The van der Waals surface area contributed by atoms with Crippen molar-refractivity contribution in [3.05, 3.63) is 28.8 Å². The number of fused-ring (bicyclic) bond motifs is 1. The number of carbonyl (C=O) groups is 3. The molecular weight excluding hydrogens is 366 g/mol. The van der Waals surface area contributed by atoms with Crippen LogP contribution in [0.25, 0.3) is 0 Å². The topological polar surface area (TPSA) is 69.7 Å². The van der Waals surface area contributed by atoms with Crippen LogP contribution in [0.3, 0.4) is 0 Å². The lowest BCUT2D eigenvalue weighted by atomic mass is 9.94. The minimum absolute atomic E-state index is 0.0159. The van der Waals surface area contributed by atoms with Crippen LogP contribution in [0.1, 0.15) is 50.5 Å². The summed E-state index contributed by atoms with van der Waals surface area (Å²) in [5, 5.41) is 3.44. The molecular formula is C20H24ClN3O3. The van der Waals surface area contributed by atoms with Gasteiger partial charge in [0.1, 0.15) is 6.04 Å². The van der Waals surface area contributed by atoms with E-state index in [4.69, 9.17) is 11.6 Å². The Morgan fingerprint density at radius 3 is 2.74 bits per heavy atom. The Hall–Kier alpha value is -2.08. The number of urea groups is 1. The first-order valence-corrected chi connectivity index (χ1v) is 10.1. The van der Waals surface area contributed by atoms with Gasteiger partial charge >= 0.3 is 6.03 Å². The monoisotopic (exact) mass is 389 g/mol. The molecule has 0 spiro atoms. The molecule has 1 saturated heterocycles. The van der Waals surface area contributed by atoms with Crippen molar-refractivity contribution in [3.63, 3.8) is 0 Å². The van der Waals surface area contributed by atoms with E-state index in [1.54, 1.807) is 11.0 Å². The number of hydrogen-bond acceptors (Lipinski definition) is 3. The molecule has 3 aliphatic rings. The molecule has 0 bridgehead atoms. The second kappa shape index (κ2) is 7.50. The maximum atomic E-state index is 12.7. The highest BCUT2D eigenvalue weighted by Gasteiger charge is 2.42. The molecule has 1 N–H and O–H groups in total. The normalized spacial score (nSPS) is 22.9. The Morgan fingerprint density at radius 2 is 1.96 bits per heavy atom. The average molecular weight is 390 g/mol. The van der Waals surface area contributed by atoms with Crippen molar-refractivity contribution in [1.82, 2.24) is 10.2 Å². The zero-order chi connectivity index (χ0) is 19.0. The van der Waals surface area contributed by atoms with Crippen molar-refractivity contribution < 1.29 is 14.4 Å². The van der Waals surface area contributed by atoms with Gasteiger partial charge < -0.3 is 10.2 Å². The summed E-state index contributed by atoms with van der Waals surface area (Å²) in [6.07, 6.45) is 6.42. The maximum Gasteiger partial charge on any atom is 0.325 e. The number of halogens is 1. The number of imide groups is 1. The number of nitrogens with zero attached hydrogens (tertiary/aromatic N) is 2. The zero-order valence-electron chi connectivity index (χ0n) is 15.2. The Kier molecular flexibility index (Phi) is 5.08. The van der Waals surface area contributed by atoms with E-state index in [0.29, 0.717) is 18.0 Å². The SMILES string of the molecule is O=C(CC[C@@H]1NC(=O)N(C2CCCCC2)C1=O)N1CCc2cc(Cl)ccc21. The summed E-state index contributed by atoms with van der Waals surface area (Å²) in [6.45, 7) is 0.633. The summed E-state index contributed by atoms with van der Waals surface area (Å²) in [5.74, 6) is -0.192. The molecule has 2 aliphatic heterocycles. The molecule has 2 fully saturated rings. The van der Waals surface area contributed by atoms with E-state index in [2.05, 4.69) is 5.32 Å². The third-order valence-electron chi connectivity index (χ3n) is 5.88. The number of rotatable bonds is 4. The Labute approximate surface area is 163 Å². The van der Waals surface area contributed by atoms with E-state index >= 15 is 0 Å².